The van der Waals surface area contributed by atoms with Gasteiger partial charge in [0.1, 0.15) is 18.8 Å². The van der Waals surface area contributed by atoms with Crippen molar-refractivity contribution in [1.29, 1.82) is 0 Å². The van der Waals surface area contributed by atoms with Crippen LogP contribution in [0, 0.1) is 0 Å². The molecule has 0 aromatic carbocycles. The van der Waals surface area contributed by atoms with Gasteiger partial charge in [-0.15, -0.1) is 12.4 Å². The molecular weight excluding hydrogens is 214 g/mol. The van der Waals surface area contributed by atoms with E-state index in [1.54, 1.807) is 7.05 Å². The molecule has 0 saturated carbocycles. The summed E-state index contributed by atoms with van der Waals surface area (Å²) in [5.41, 5.74) is 0. The lowest BCUT2D eigenvalue weighted by molar-refractivity contribution is -0.141. The maximum atomic E-state index is 10.7. The van der Waals surface area contributed by atoms with Gasteiger partial charge in [-0.05, 0) is 7.05 Å². The average molecular weight is 230 g/mol. The smallest absolute Gasteiger partial charge is 0.189 e. The van der Waals surface area contributed by atoms with Crippen LogP contribution in [-0.4, -0.2) is 64.7 Å². The van der Waals surface area contributed by atoms with Crippen LogP contribution >= 0.6 is 12.4 Å². The van der Waals surface area contributed by atoms with Gasteiger partial charge in [-0.25, -0.2) is 0 Å². The highest BCUT2D eigenvalue weighted by atomic mass is 35.5. The molecule has 0 fully saturated rings. The number of aliphatic hydroxyl groups excluding tert-OH is 4. The highest BCUT2D eigenvalue weighted by Gasteiger charge is 2.28. The minimum absolute atomic E-state index is 0. The maximum absolute atomic E-state index is 10.7. The van der Waals surface area contributed by atoms with Crippen LogP contribution in [-0.2, 0) is 4.79 Å². The van der Waals surface area contributed by atoms with Crippen molar-refractivity contribution in [3.8, 4) is 0 Å². The second-order valence-corrected chi connectivity index (χ2v) is 2.68. The zero-order chi connectivity index (χ0) is 10.4. The molecule has 86 valence electrons. The molecule has 6 nitrogen and oxygen atoms in total. The Kier molecular flexibility index (Phi) is 9.37. The highest BCUT2D eigenvalue weighted by Crippen LogP contribution is 2.00. The molecule has 0 spiro atoms. The lowest BCUT2D eigenvalue weighted by Gasteiger charge is -2.21. The number of rotatable bonds is 6. The van der Waals surface area contributed by atoms with Crippen molar-refractivity contribution in [2.75, 3.05) is 20.2 Å². The normalized spacial score (nSPS) is 16.6. The third kappa shape index (κ3) is 4.85. The predicted octanol–water partition coefficient (Wildman–Crippen LogP) is -2.73. The van der Waals surface area contributed by atoms with Crippen molar-refractivity contribution in [3.63, 3.8) is 0 Å². The van der Waals surface area contributed by atoms with E-state index in [1.807, 2.05) is 0 Å². The summed E-state index contributed by atoms with van der Waals surface area (Å²) < 4.78 is 0. The summed E-state index contributed by atoms with van der Waals surface area (Å²) in [5, 5.41) is 38.2. The lowest BCUT2D eigenvalue weighted by Crippen LogP contribution is -2.46. The summed E-state index contributed by atoms with van der Waals surface area (Å²) in [6.07, 6.45) is -4.56. The summed E-state index contributed by atoms with van der Waals surface area (Å²) in [5.74, 6) is -0.914. The Morgan fingerprint density at radius 1 is 1.36 bits per heavy atom. The molecule has 0 heterocycles. The third-order valence-electron chi connectivity index (χ3n) is 1.62. The molecule has 0 amide bonds. The van der Waals surface area contributed by atoms with Gasteiger partial charge in [-0.3, -0.25) is 4.79 Å². The number of ketones is 1. The van der Waals surface area contributed by atoms with Gasteiger partial charge in [0.25, 0.3) is 0 Å². The Morgan fingerprint density at radius 3 is 2.21 bits per heavy atom. The zero-order valence-electron chi connectivity index (χ0n) is 7.75. The molecule has 0 radical (unpaired) electrons. The molecule has 0 unspecified atom stereocenters. The second kappa shape index (κ2) is 8.10. The molecule has 0 saturated heterocycles. The van der Waals surface area contributed by atoms with Crippen LogP contribution in [0.25, 0.3) is 0 Å². The zero-order valence-corrected chi connectivity index (χ0v) is 8.57. The van der Waals surface area contributed by atoms with Crippen LogP contribution in [0.3, 0.4) is 0 Å². The molecular formula is C7H16ClNO5. The minimum Gasteiger partial charge on any atom is -0.389 e. The minimum atomic E-state index is -1.74. The van der Waals surface area contributed by atoms with Crippen molar-refractivity contribution < 1.29 is 25.2 Å². The third-order valence-corrected chi connectivity index (χ3v) is 1.62. The lowest BCUT2D eigenvalue weighted by atomic mass is 10.0. The number of aliphatic hydroxyl groups is 4. The number of halogens is 1. The first-order valence-corrected chi connectivity index (χ1v) is 3.87. The van der Waals surface area contributed by atoms with Crippen LogP contribution in [0.5, 0.6) is 0 Å². The van der Waals surface area contributed by atoms with Crippen LogP contribution in [0.2, 0.25) is 0 Å². The maximum Gasteiger partial charge on any atom is 0.189 e. The summed E-state index contributed by atoms with van der Waals surface area (Å²) in [6.45, 7) is -0.804. The highest BCUT2D eigenvalue weighted by molar-refractivity contribution is 5.85. The monoisotopic (exact) mass is 229 g/mol. The van der Waals surface area contributed by atoms with Crippen molar-refractivity contribution in [2.45, 2.75) is 18.3 Å². The Balaban J connectivity index is 0. The predicted molar refractivity (Wildman–Crippen MR) is 51.3 cm³/mol. The van der Waals surface area contributed by atoms with Crippen molar-refractivity contribution in [3.05, 3.63) is 0 Å². The van der Waals surface area contributed by atoms with E-state index < -0.39 is 30.7 Å². The van der Waals surface area contributed by atoms with Crippen molar-refractivity contribution >= 4 is 18.2 Å². The molecule has 3 atom stereocenters. The number of carbonyl (C=O) groups excluding carboxylic acids is 1. The van der Waals surface area contributed by atoms with Crippen molar-refractivity contribution in [1.82, 2.24) is 5.32 Å². The number of Topliss-reactive ketones (excluding diaryl/α,β-unsaturated/α-hetero) is 1. The van der Waals surface area contributed by atoms with Crippen LogP contribution in [0.1, 0.15) is 0 Å². The first-order chi connectivity index (χ1) is 6.04. The van der Waals surface area contributed by atoms with E-state index in [9.17, 15) is 4.79 Å². The Labute approximate surface area is 88.0 Å². The molecule has 14 heavy (non-hydrogen) atoms. The first kappa shape index (κ1) is 16.2. The van der Waals surface area contributed by atoms with Crippen LogP contribution in [0.4, 0.5) is 0 Å². The molecule has 0 aliphatic rings. The fourth-order valence-electron chi connectivity index (χ4n) is 0.824. The Hall–Kier alpha value is -0.240. The Morgan fingerprint density at radius 2 is 1.86 bits per heavy atom. The van der Waals surface area contributed by atoms with Gasteiger partial charge in [-0.1, -0.05) is 0 Å². The van der Waals surface area contributed by atoms with E-state index in [1.165, 1.54) is 0 Å². The molecule has 0 aliphatic carbocycles. The largest absolute Gasteiger partial charge is 0.389 e. The SMILES string of the molecule is CNC[C@H](O)[C@@H](O)[C@H](O)C(=O)CO.Cl. The summed E-state index contributed by atoms with van der Waals surface area (Å²) in [7, 11) is 1.55. The van der Waals surface area contributed by atoms with E-state index in [-0.39, 0.29) is 19.0 Å². The van der Waals surface area contributed by atoms with Gasteiger partial charge in [0.2, 0.25) is 0 Å². The average Bonchev–Trinajstić information content (AvgIpc) is 2.14. The van der Waals surface area contributed by atoms with Gasteiger partial charge < -0.3 is 25.7 Å². The summed E-state index contributed by atoms with van der Waals surface area (Å²) >= 11 is 0. The standard InChI is InChI=1S/C7H15NO5.ClH/c1-8-2-4(10)6(12)7(13)5(11)3-9;/h4,6-10,12-13H,2-3H2,1H3;1H/t4-,6+,7+;/m0./s1. The van der Waals surface area contributed by atoms with Crippen LogP contribution < -0.4 is 5.32 Å². The molecule has 0 aromatic heterocycles. The molecule has 0 bridgehead atoms. The summed E-state index contributed by atoms with van der Waals surface area (Å²) in [4.78, 5) is 10.7. The summed E-state index contributed by atoms with van der Waals surface area (Å²) in [6, 6.07) is 0. The van der Waals surface area contributed by atoms with Gasteiger partial charge in [0.05, 0.1) is 6.10 Å². The number of hydrogen-bond donors (Lipinski definition) is 5. The van der Waals surface area contributed by atoms with Crippen LogP contribution in [0.15, 0.2) is 0 Å². The number of hydrogen-bond acceptors (Lipinski definition) is 6. The van der Waals surface area contributed by atoms with Crippen molar-refractivity contribution in [2.24, 2.45) is 0 Å². The molecule has 5 N–H and O–H groups in total. The molecule has 7 heteroatoms. The van der Waals surface area contributed by atoms with E-state index in [4.69, 9.17) is 20.4 Å². The molecule has 0 aromatic rings. The quantitative estimate of drug-likeness (QED) is 0.338. The van der Waals surface area contributed by atoms with E-state index in [2.05, 4.69) is 5.32 Å². The fourth-order valence-corrected chi connectivity index (χ4v) is 0.824. The van der Waals surface area contributed by atoms with Gasteiger partial charge >= 0.3 is 0 Å². The van der Waals surface area contributed by atoms with Gasteiger partial charge in [0, 0.05) is 6.54 Å². The Bertz CT molecular complexity index is 168. The number of nitrogens with one attached hydrogen (secondary N) is 1. The number of likely N-dealkylation sites (N-methyl/N-ethyl adjacent to an activating group) is 1. The number of carbonyl (C=O) groups is 1. The first-order valence-electron chi connectivity index (χ1n) is 3.87. The fraction of sp³-hybridized carbons (Fsp3) is 0.857. The van der Waals surface area contributed by atoms with Gasteiger partial charge in [0.15, 0.2) is 5.78 Å². The molecule has 0 rings (SSSR count). The van der Waals surface area contributed by atoms with E-state index in [0.717, 1.165) is 0 Å². The second-order valence-electron chi connectivity index (χ2n) is 2.68. The van der Waals surface area contributed by atoms with E-state index in [0.29, 0.717) is 0 Å². The topological polar surface area (TPSA) is 110 Å². The van der Waals surface area contributed by atoms with Gasteiger partial charge in [-0.2, -0.15) is 0 Å². The van der Waals surface area contributed by atoms with E-state index >= 15 is 0 Å². The molecule has 0 aliphatic heterocycles.